The summed E-state index contributed by atoms with van der Waals surface area (Å²) in [7, 11) is 0. The van der Waals surface area contributed by atoms with Gasteiger partial charge in [-0.05, 0) is 18.1 Å². The van der Waals surface area contributed by atoms with E-state index in [1.807, 2.05) is 18.2 Å². The molecule has 0 saturated carbocycles. The number of rotatable bonds is 1. The van der Waals surface area contributed by atoms with Crippen molar-refractivity contribution in [1.29, 1.82) is 0 Å². The molecule has 2 heterocycles. The highest BCUT2D eigenvalue weighted by Gasteiger charge is 2.19. The van der Waals surface area contributed by atoms with Crippen LogP contribution in [0.2, 0.25) is 0 Å². The van der Waals surface area contributed by atoms with Gasteiger partial charge in [0.05, 0.1) is 12.3 Å². The summed E-state index contributed by atoms with van der Waals surface area (Å²) in [5.74, 6) is 0.597. The van der Waals surface area contributed by atoms with Crippen LogP contribution < -0.4 is 5.32 Å². The van der Waals surface area contributed by atoms with Gasteiger partial charge in [0.2, 0.25) is 0 Å². The Labute approximate surface area is 78.1 Å². The molecule has 2 atom stereocenters. The molecule has 1 saturated heterocycles. The van der Waals surface area contributed by atoms with E-state index in [-0.39, 0.29) is 6.23 Å². The molecule has 1 fully saturated rings. The third-order valence-corrected chi connectivity index (χ3v) is 2.16. The van der Waals surface area contributed by atoms with Crippen LogP contribution in [0.1, 0.15) is 18.8 Å². The summed E-state index contributed by atoms with van der Waals surface area (Å²) in [5, 5.41) is 3.30. The molecule has 70 valence electrons. The van der Waals surface area contributed by atoms with E-state index in [9.17, 15) is 0 Å². The van der Waals surface area contributed by atoms with Crippen LogP contribution >= 0.6 is 0 Å². The number of hydrogen-bond donors (Lipinski definition) is 1. The first-order valence-corrected chi connectivity index (χ1v) is 4.62. The predicted molar refractivity (Wildman–Crippen MR) is 50.1 cm³/mol. The van der Waals surface area contributed by atoms with Crippen LogP contribution in [0.5, 0.6) is 0 Å². The summed E-state index contributed by atoms with van der Waals surface area (Å²) in [6.45, 7) is 3.98. The zero-order chi connectivity index (χ0) is 9.10. The molecule has 2 unspecified atom stereocenters. The molecule has 1 aliphatic heterocycles. The Balaban J connectivity index is 2.03. The average Bonchev–Trinajstić information content (AvgIpc) is 2.20. The second-order valence-electron chi connectivity index (χ2n) is 3.48. The zero-order valence-corrected chi connectivity index (χ0v) is 7.73. The molecular weight excluding hydrogens is 164 g/mol. The number of nitrogens with one attached hydrogen (secondary N) is 1. The van der Waals surface area contributed by atoms with Crippen molar-refractivity contribution in [2.45, 2.75) is 13.2 Å². The summed E-state index contributed by atoms with van der Waals surface area (Å²) < 4.78 is 5.60. The fourth-order valence-electron chi connectivity index (χ4n) is 1.41. The van der Waals surface area contributed by atoms with E-state index in [0.29, 0.717) is 5.92 Å². The molecule has 0 amide bonds. The minimum absolute atomic E-state index is 0.0163. The van der Waals surface area contributed by atoms with Gasteiger partial charge in [0.15, 0.2) is 6.23 Å². The van der Waals surface area contributed by atoms with Gasteiger partial charge in [-0.2, -0.15) is 0 Å². The van der Waals surface area contributed by atoms with Crippen LogP contribution in [0.25, 0.3) is 0 Å². The Bertz CT molecular complexity index is 255. The van der Waals surface area contributed by atoms with Gasteiger partial charge in [-0.1, -0.05) is 13.0 Å². The molecule has 2 rings (SSSR count). The Kier molecular flexibility index (Phi) is 2.57. The second-order valence-corrected chi connectivity index (χ2v) is 3.48. The summed E-state index contributed by atoms with van der Waals surface area (Å²) >= 11 is 0. The number of ether oxygens (including phenoxy) is 1. The third kappa shape index (κ3) is 2.05. The molecule has 3 heteroatoms. The van der Waals surface area contributed by atoms with Gasteiger partial charge < -0.3 is 4.74 Å². The van der Waals surface area contributed by atoms with Gasteiger partial charge >= 0.3 is 0 Å². The number of pyridine rings is 1. The quantitative estimate of drug-likeness (QED) is 0.704. The SMILES string of the molecule is CC1CNC(c2ccccn2)OC1. The van der Waals surface area contributed by atoms with Crippen LogP contribution in [0, 0.1) is 5.92 Å². The van der Waals surface area contributed by atoms with Crippen molar-refractivity contribution < 1.29 is 4.74 Å². The Morgan fingerprint density at radius 1 is 1.54 bits per heavy atom. The molecular formula is C10H14N2O. The summed E-state index contributed by atoms with van der Waals surface area (Å²) in [6, 6.07) is 5.87. The Hall–Kier alpha value is -0.930. The first kappa shape index (κ1) is 8.66. The van der Waals surface area contributed by atoms with Crippen molar-refractivity contribution in [1.82, 2.24) is 10.3 Å². The van der Waals surface area contributed by atoms with E-state index in [4.69, 9.17) is 4.74 Å². The molecule has 13 heavy (non-hydrogen) atoms. The van der Waals surface area contributed by atoms with Crippen molar-refractivity contribution in [3.05, 3.63) is 30.1 Å². The summed E-state index contributed by atoms with van der Waals surface area (Å²) in [6.07, 6.45) is 1.77. The van der Waals surface area contributed by atoms with E-state index in [1.54, 1.807) is 6.20 Å². The molecule has 0 bridgehead atoms. The molecule has 0 aliphatic carbocycles. The molecule has 0 radical (unpaired) electrons. The smallest absolute Gasteiger partial charge is 0.151 e. The maximum Gasteiger partial charge on any atom is 0.151 e. The fourth-order valence-corrected chi connectivity index (χ4v) is 1.41. The highest BCUT2D eigenvalue weighted by atomic mass is 16.5. The maximum atomic E-state index is 5.60. The van der Waals surface area contributed by atoms with E-state index in [2.05, 4.69) is 17.2 Å². The lowest BCUT2D eigenvalue weighted by Crippen LogP contribution is -2.36. The van der Waals surface area contributed by atoms with Crippen LogP contribution in [-0.4, -0.2) is 18.1 Å². The lowest BCUT2D eigenvalue weighted by atomic mass is 10.1. The van der Waals surface area contributed by atoms with Crippen molar-refractivity contribution in [3.8, 4) is 0 Å². The van der Waals surface area contributed by atoms with Gasteiger partial charge in [0.1, 0.15) is 0 Å². The number of nitrogens with zero attached hydrogens (tertiary/aromatic N) is 1. The normalized spacial score (nSPS) is 28.7. The minimum Gasteiger partial charge on any atom is -0.357 e. The van der Waals surface area contributed by atoms with Crippen molar-refractivity contribution in [3.63, 3.8) is 0 Å². The fraction of sp³-hybridized carbons (Fsp3) is 0.500. The molecule has 1 aliphatic rings. The first-order valence-electron chi connectivity index (χ1n) is 4.62. The predicted octanol–water partition coefficient (Wildman–Crippen LogP) is 1.34. The Morgan fingerprint density at radius 3 is 3.08 bits per heavy atom. The summed E-state index contributed by atoms with van der Waals surface area (Å²) in [5.41, 5.74) is 0.967. The van der Waals surface area contributed by atoms with E-state index < -0.39 is 0 Å². The van der Waals surface area contributed by atoms with Crippen LogP contribution in [0.15, 0.2) is 24.4 Å². The highest BCUT2D eigenvalue weighted by molar-refractivity contribution is 5.06. The average molecular weight is 178 g/mol. The first-order chi connectivity index (χ1) is 6.36. The second kappa shape index (κ2) is 3.85. The molecule has 1 aromatic heterocycles. The molecule has 1 aromatic rings. The Morgan fingerprint density at radius 2 is 2.46 bits per heavy atom. The van der Waals surface area contributed by atoms with Gasteiger partial charge in [-0.15, -0.1) is 0 Å². The van der Waals surface area contributed by atoms with Gasteiger partial charge in [-0.3, -0.25) is 10.3 Å². The van der Waals surface area contributed by atoms with Crippen molar-refractivity contribution in [2.75, 3.05) is 13.2 Å². The summed E-state index contributed by atoms with van der Waals surface area (Å²) in [4.78, 5) is 4.24. The van der Waals surface area contributed by atoms with Crippen LogP contribution in [0.3, 0.4) is 0 Å². The van der Waals surface area contributed by atoms with E-state index in [1.165, 1.54) is 0 Å². The van der Waals surface area contributed by atoms with E-state index >= 15 is 0 Å². The zero-order valence-electron chi connectivity index (χ0n) is 7.73. The highest BCUT2D eigenvalue weighted by Crippen LogP contribution is 2.16. The molecule has 0 spiro atoms. The van der Waals surface area contributed by atoms with Crippen LogP contribution in [-0.2, 0) is 4.74 Å². The number of hydrogen-bond acceptors (Lipinski definition) is 3. The van der Waals surface area contributed by atoms with Gasteiger partial charge in [0.25, 0.3) is 0 Å². The van der Waals surface area contributed by atoms with Crippen molar-refractivity contribution >= 4 is 0 Å². The lowest BCUT2D eigenvalue weighted by Gasteiger charge is -2.27. The molecule has 1 N–H and O–H groups in total. The minimum atomic E-state index is -0.0163. The topological polar surface area (TPSA) is 34.2 Å². The van der Waals surface area contributed by atoms with Gasteiger partial charge in [-0.25, -0.2) is 0 Å². The molecule has 3 nitrogen and oxygen atoms in total. The van der Waals surface area contributed by atoms with Gasteiger partial charge in [0, 0.05) is 12.7 Å². The third-order valence-electron chi connectivity index (χ3n) is 2.16. The standard InChI is InChI=1S/C10H14N2O/c1-8-6-12-10(13-7-8)9-4-2-3-5-11-9/h2-5,8,10,12H,6-7H2,1H3. The maximum absolute atomic E-state index is 5.60. The van der Waals surface area contributed by atoms with E-state index in [0.717, 1.165) is 18.8 Å². The lowest BCUT2D eigenvalue weighted by molar-refractivity contribution is -0.0277. The largest absolute Gasteiger partial charge is 0.357 e. The molecule has 0 aromatic carbocycles. The van der Waals surface area contributed by atoms with Crippen molar-refractivity contribution in [2.24, 2.45) is 5.92 Å². The van der Waals surface area contributed by atoms with Crippen LogP contribution in [0.4, 0.5) is 0 Å². The number of aromatic nitrogens is 1. The monoisotopic (exact) mass is 178 g/mol.